The number of halogens is 2. The Morgan fingerprint density at radius 2 is 2.17 bits per heavy atom. The van der Waals surface area contributed by atoms with Crippen molar-refractivity contribution in [2.24, 2.45) is 0 Å². The van der Waals surface area contributed by atoms with Crippen LogP contribution in [-0.4, -0.2) is 24.3 Å². The number of carbonyl (C=O) groups excluding carboxylic acids is 1. The Hall–Kier alpha value is -0.970. The summed E-state index contributed by atoms with van der Waals surface area (Å²) in [6.45, 7) is 2.32. The third-order valence-electron chi connectivity index (χ3n) is 2.40. The zero-order chi connectivity index (χ0) is 13.5. The minimum Gasteiger partial charge on any atom is -0.396 e. The van der Waals surface area contributed by atoms with Gasteiger partial charge < -0.3 is 15.7 Å². The molecule has 1 rings (SSSR count). The number of hydrogen-bond donors (Lipinski definition) is 3. The average molecular weight is 291 g/mol. The molecule has 1 aromatic carbocycles. The minimum absolute atomic E-state index is 0.0544. The molecule has 0 saturated carbocycles. The number of aliphatic hydroxyl groups excluding tert-OH is 1. The molecule has 0 bridgehead atoms. The second-order valence-electron chi connectivity index (χ2n) is 3.86. The van der Waals surface area contributed by atoms with E-state index in [4.69, 9.17) is 28.3 Å². The second-order valence-corrected chi connectivity index (χ2v) is 4.71. The van der Waals surface area contributed by atoms with Crippen LogP contribution >= 0.6 is 23.2 Å². The SMILES string of the molecule is CC(NC(=O)NCCCO)c1ccc(Cl)cc1Cl. The van der Waals surface area contributed by atoms with Gasteiger partial charge in [-0.1, -0.05) is 29.3 Å². The first-order valence-corrected chi connectivity index (χ1v) is 6.40. The van der Waals surface area contributed by atoms with Crippen LogP contribution in [0.25, 0.3) is 0 Å². The lowest BCUT2D eigenvalue weighted by Crippen LogP contribution is -2.37. The minimum atomic E-state index is -0.290. The molecule has 0 saturated heterocycles. The van der Waals surface area contributed by atoms with E-state index in [0.717, 1.165) is 5.56 Å². The number of carbonyl (C=O) groups is 1. The smallest absolute Gasteiger partial charge is 0.315 e. The van der Waals surface area contributed by atoms with Crippen LogP contribution in [0.3, 0.4) is 0 Å². The Labute approximate surface area is 116 Å². The molecule has 0 heterocycles. The Balaban J connectivity index is 2.54. The van der Waals surface area contributed by atoms with Crippen LogP contribution in [0.2, 0.25) is 10.0 Å². The molecule has 18 heavy (non-hydrogen) atoms. The number of nitrogens with one attached hydrogen (secondary N) is 2. The molecule has 0 aliphatic heterocycles. The van der Waals surface area contributed by atoms with E-state index in [1.54, 1.807) is 18.2 Å². The topological polar surface area (TPSA) is 61.4 Å². The molecule has 0 aromatic heterocycles. The molecule has 2 amide bonds. The van der Waals surface area contributed by atoms with Crippen molar-refractivity contribution < 1.29 is 9.90 Å². The first-order chi connectivity index (χ1) is 8.54. The number of aliphatic hydroxyl groups is 1. The van der Waals surface area contributed by atoms with Gasteiger partial charge in [0.2, 0.25) is 0 Å². The molecular weight excluding hydrogens is 275 g/mol. The van der Waals surface area contributed by atoms with Crippen LogP contribution in [0.1, 0.15) is 24.9 Å². The summed E-state index contributed by atoms with van der Waals surface area (Å²) in [7, 11) is 0. The molecule has 0 fully saturated rings. The third-order valence-corrected chi connectivity index (χ3v) is 2.96. The van der Waals surface area contributed by atoms with E-state index >= 15 is 0 Å². The molecule has 1 aromatic rings. The highest BCUT2D eigenvalue weighted by Crippen LogP contribution is 2.25. The first-order valence-electron chi connectivity index (χ1n) is 5.64. The first kappa shape index (κ1) is 15.1. The molecule has 0 spiro atoms. The second kappa shape index (κ2) is 7.46. The normalized spacial score (nSPS) is 12.0. The number of urea groups is 1. The zero-order valence-corrected chi connectivity index (χ0v) is 11.6. The highest BCUT2D eigenvalue weighted by Gasteiger charge is 2.12. The standard InChI is InChI=1S/C12H16Cl2N2O2/c1-8(16-12(18)15-5-2-6-17)10-4-3-9(13)7-11(10)14/h3-4,7-8,17H,2,5-6H2,1H3,(H2,15,16,18). The molecule has 1 unspecified atom stereocenters. The van der Waals surface area contributed by atoms with Crippen molar-refractivity contribution in [2.75, 3.05) is 13.2 Å². The summed E-state index contributed by atoms with van der Waals surface area (Å²) in [5.74, 6) is 0. The fraction of sp³-hybridized carbons (Fsp3) is 0.417. The molecule has 100 valence electrons. The summed E-state index contributed by atoms with van der Waals surface area (Å²) >= 11 is 11.8. The van der Waals surface area contributed by atoms with Gasteiger partial charge in [-0.25, -0.2) is 4.79 Å². The summed E-state index contributed by atoms with van der Waals surface area (Å²) in [6, 6.07) is 4.64. The Kier molecular flexibility index (Phi) is 6.25. The molecule has 4 nitrogen and oxygen atoms in total. The fourth-order valence-corrected chi connectivity index (χ4v) is 2.03. The predicted molar refractivity (Wildman–Crippen MR) is 73.1 cm³/mol. The van der Waals surface area contributed by atoms with Gasteiger partial charge in [0, 0.05) is 23.2 Å². The molecule has 6 heteroatoms. The van der Waals surface area contributed by atoms with Gasteiger partial charge in [-0.15, -0.1) is 0 Å². The van der Waals surface area contributed by atoms with Crippen LogP contribution in [0.5, 0.6) is 0 Å². The largest absolute Gasteiger partial charge is 0.396 e. The Morgan fingerprint density at radius 3 is 2.78 bits per heavy atom. The maximum atomic E-state index is 11.5. The lowest BCUT2D eigenvalue weighted by Gasteiger charge is -2.16. The number of hydrogen-bond acceptors (Lipinski definition) is 2. The van der Waals surface area contributed by atoms with Gasteiger partial charge in [0.05, 0.1) is 6.04 Å². The molecule has 3 N–H and O–H groups in total. The lowest BCUT2D eigenvalue weighted by atomic mass is 10.1. The van der Waals surface area contributed by atoms with Crippen molar-refractivity contribution >= 4 is 29.2 Å². The number of amides is 2. The predicted octanol–water partition coefficient (Wildman–Crippen LogP) is 2.74. The summed E-state index contributed by atoms with van der Waals surface area (Å²) in [5.41, 5.74) is 0.804. The van der Waals surface area contributed by atoms with Crippen LogP contribution in [-0.2, 0) is 0 Å². The van der Waals surface area contributed by atoms with Gasteiger partial charge in [-0.05, 0) is 31.0 Å². The van der Waals surface area contributed by atoms with Gasteiger partial charge >= 0.3 is 6.03 Å². The number of benzene rings is 1. The molecule has 0 aliphatic carbocycles. The van der Waals surface area contributed by atoms with Crippen molar-refractivity contribution in [3.63, 3.8) is 0 Å². The van der Waals surface area contributed by atoms with Gasteiger partial charge in [-0.3, -0.25) is 0 Å². The summed E-state index contributed by atoms with van der Waals surface area (Å²) < 4.78 is 0. The van der Waals surface area contributed by atoms with Gasteiger partial charge in [0.15, 0.2) is 0 Å². The number of rotatable bonds is 5. The maximum Gasteiger partial charge on any atom is 0.315 e. The van der Waals surface area contributed by atoms with E-state index in [2.05, 4.69) is 10.6 Å². The monoisotopic (exact) mass is 290 g/mol. The van der Waals surface area contributed by atoms with E-state index < -0.39 is 0 Å². The van der Waals surface area contributed by atoms with E-state index in [1.807, 2.05) is 6.92 Å². The summed E-state index contributed by atoms with van der Waals surface area (Å²) in [4.78, 5) is 11.5. The molecular formula is C12H16Cl2N2O2. The van der Waals surface area contributed by atoms with Crippen molar-refractivity contribution in [2.45, 2.75) is 19.4 Å². The van der Waals surface area contributed by atoms with Crippen LogP contribution in [0.15, 0.2) is 18.2 Å². The molecule has 1 atom stereocenters. The fourth-order valence-electron chi connectivity index (χ4n) is 1.46. The van der Waals surface area contributed by atoms with Gasteiger partial charge in [-0.2, -0.15) is 0 Å². The zero-order valence-electron chi connectivity index (χ0n) is 10.0. The highest BCUT2D eigenvalue weighted by molar-refractivity contribution is 6.35. The van der Waals surface area contributed by atoms with Crippen molar-refractivity contribution in [3.8, 4) is 0 Å². The highest BCUT2D eigenvalue weighted by atomic mass is 35.5. The average Bonchev–Trinajstić information content (AvgIpc) is 2.28. The third kappa shape index (κ3) is 4.72. The van der Waals surface area contributed by atoms with Crippen molar-refractivity contribution in [3.05, 3.63) is 33.8 Å². The summed E-state index contributed by atoms with van der Waals surface area (Å²) in [5, 5.41) is 15.1. The van der Waals surface area contributed by atoms with Crippen LogP contribution in [0, 0.1) is 0 Å². The lowest BCUT2D eigenvalue weighted by molar-refractivity contribution is 0.235. The van der Waals surface area contributed by atoms with Crippen LogP contribution in [0.4, 0.5) is 4.79 Å². The summed E-state index contributed by atoms with van der Waals surface area (Å²) in [6.07, 6.45) is 0.531. The molecule has 0 aliphatic rings. The van der Waals surface area contributed by atoms with Gasteiger partial charge in [0.1, 0.15) is 0 Å². The van der Waals surface area contributed by atoms with E-state index in [-0.39, 0.29) is 18.7 Å². The Bertz CT molecular complexity index is 413. The molecule has 0 radical (unpaired) electrons. The maximum absolute atomic E-state index is 11.5. The van der Waals surface area contributed by atoms with Crippen molar-refractivity contribution in [1.82, 2.24) is 10.6 Å². The van der Waals surface area contributed by atoms with E-state index in [9.17, 15) is 4.79 Å². The Morgan fingerprint density at radius 1 is 1.44 bits per heavy atom. The quantitative estimate of drug-likeness (QED) is 0.730. The van der Waals surface area contributed by atoms with Crippen LogP contribution < -0.4 is 10.6 Å². The van der Waals surface area contributed by atoms with Crippen molar-refractivity contribution in [1.29, 1.82) is 0 Å². The van der Waals surface area contributed by atoms with E-state index in [0.29, 0.717) is 23.0 Å². The van der Waals surface area contributed by atoms with Gasteiger partial charge in [0.25, 0.3) is 0 Å². The van der Waals surface area contributed by atoms with E-state index in [1.165, 1.54) is 0 Å².